The molecule has 3 heterocycles. The molecule has 4 rings (SSSR count). The predicted molar refractivity (Wildman–Crippen MR) is 90.8 cm³/mol. The summed E-state index contributed by atoms with van der Waals surface area (Å²) in [6.45, 7) is 4.10. The van der Waals surface area contributed by atoms with Gasteiger partial charge in [-0.25, -0.2) is 4.79 Å². The van der Waals surface area contributed by atoms with Crippen molar-refractivity contribution in [2.24, 2.45) is 0 Å². The van der Waals surface area contributed by atoms with Crippen molar-refractivity contribution in [3.63, 3.8) is 0 Å². The van der Waals surface area contributed by atoms with Crippen molar-refractivity contribution in [2.75, 3.05) is 6.54 Å². The third kappa shape index (κ3) is 2.52. The van der Waals surface area contributed by atoms with Gasteiger partial charge in [0.15, 0.2) is 0 Å². The lowest BCUT2D eigenvalue weighted by Crippen LogP contribution is -2.35. The molecule has 0 aliphatic carbocycles. The summed E-state index contributed by atoms with van der Waals surface area (Å²) in [7, 11) is 0. The Balaban J connectivity index is 1.53. The third-order valence-corrected chi connectivity index (χ3v) is 5.34. The fourth-order valence-corrected chi connectivity index (χ4v) is 4.02. The van der Waals surface area contributed by atoms with E-state index in [2.05, 4.69) is 5.16 Å². The van der Waals surface area contributed by atoms with Crippen LogP contribution in [0.15, 0.2) is 34.9 Å². The van der Waals surface area contributed by atoms with Crippen LogP contribution in [0.3, 0.4) is 0 Å². The zero-order valence-electron chi connectivity index (χ0n) is 14.4. The Bertz CT molecular complexity index is 795. The van der Waals surface area contributed by atoms with E-state index in [1.165, 1.54) is 4.90 Å². The van der Waals surface area contributed by atoms with E-state index in [-0.39, 0.29) is 24.0 Å². The Morgan fingerprint density at radius 1 is 1.12 bits per heavy atom. The number of carbonyl (C=O) groups is 2. The highest BCUT2D eigenvalue weighted by Crippen LogP contribution is 2.41. The van der Waals surface area contributed by atoms with E-state index in [1.54, 1.807) is 4.90 Å². The third-order valence-electron chi connectivity index (χ3n) is 5.34. The number of carbonyl (C=O) groups excluding carboxylic acids is 2. The Labute approximate surface area is 146 Å². The molecule has 2 aliphatic rings. The lowest BCUT2D eigenvalue weighted by molar-refractivity contribution is -0.128. The van der Waals surface area contributed by atoms with Crippen LogP contribution >= 0.6 is 0 Å². The maximum absolute atomic E-state index is 12.9. The van der Waals surface area contributed by atoms with Gasteiger partial charge in [0.2, 0.25) is 0 Å². The summed E-state index contributed by atoms with van der Waals surface area (Å²) in [5.74, 6) is 0.675. The first-order valence-corrected chi connectivity index (χ1v) is 8.68. The molecule has 0 unspecified atom stereocenters. The number of imide groups is 1. The van der Waals surface area contributed by atoms with Gasteiger partial charge in [-0.1, -0.05) is 35.5 Å². The fourth-order valence-electron chi connectivity index (χ4n) is 4.02. The lowest BCUT2D eigenvalue weighted by Gasteiger charge is -2.23. The molecule has 1 aromatic heterocycles. The van der Waals surface area contributed by atoms with Crippen molar-refractivity contribution < 1.29 is 14.1 Å². The summed E-state index contributed by atoms with van der Waals surface area (Å²) in [5.41, 5.74) is 2.89. The summed E-state index contributed by atoms with van der Waals surface area (Å²) in [6.07, 6.45) is 2.14. The summed E-state index contributed by atoms with van der Waals surface area (Å²) in [5, 5.41) is 3.93. The topological polar surface area (TPSA) is 66.7 Å². The molecule has 3 amide bonds. The first-order valence-electron chi connectivity index (χ1n) is 8.68. The second kappa shape index (κ2) is 6.02. The van der Waals surface area contributed by atoms with E-state index in [4.69, 9.17) is 4.52 Å². The molecule has 2 aliphatic heterocycles. The van der Waals surface area contributed by atoms with Crippen LogP contribution in [-0.4, -0.2) is 39.5 Å². The molecule has 0 N–H and O–H groups in total. The van der Waals surface area contributed by atoms with E-state index in [9.17, 15) is 9.59 Å². The quantitative estimate of drug-likeness (QED) is 0.803. The molecule has 0 bridgehead atoms. The largest absolute Gasteiger partial charge is 0.361 e. The Kier molecular flexibility index (Phi) is 3.82. The number of hydrogen-bond donors (Lipinski definition) is 0. The molecule has 2 saturated heterocycles. The number of benzene rings is 1. The van der Waals surface area contributed by atoms with Crippen molar-refractivity contribution in [2.45, 2.75) is 45.2 Å². The van der Waals surface area contributed by atoms with Crippen LogP contribution in [0, 0.1) is 13.8 Å². The van der Waals surface area contributed by atoms with Crippen LogP contribution in [0.5, 0.6) is 0 Å². The second-order valence-corrected chi connectivity index (χ2v) is 6.75. The second-order valence-electron chi connectivity index (χ2n) is 6.75. The zero-order valence-corrected chi connectivity index (χ0v) is 14.4. The SMILES string of the molecule is Cc1noc(C)c1CCN1C(=O)[C@@H]2CC[C@@H](c3ccccc3)N2C1=O. The van der Waals surface area contributed by atoms with Gasteiger partial charge in [-0.05, 0) is 38.7 Å². The number of aryl methyl sites for hydroxylation is 2. The molecule has 25 heavy (non-hydrogen) atoms. The van der Waals surface area contributed by atoms with Gasteiger partial charge in [-0.2, -0.15) is 0 Å². The number of amides is 3. The summed E-state index contributed by atoms with van der Waals surface area (Å²) < 4.78 is 5.16. The van der Waals surface area contributed by atoms with Gasteiger partial charge in [0, 0.05) is 12.1 Å². The highest BCUT2D eigenvalue weighted by Gasteiger charge is 2.51. The van der Waals surface area contributed by atoms with E-state index >= 15 is 0 Å². The molecule has 0 spiro atoms. The Morgan fingerprint density at radius 2 is 1.84 bits per heavy atom. The normalized spacial score (nSPS) is 22.8. The van der Waals surface area contributed by atoms with Crippen molar-refractivity contribution in [1.82, 2.24) is 15.0 Å². The first-order chi connectivity index (χ1) is 12.1. The molecule has 0 radical (unpaired) electrons. The van der Waals surface area contributed by atoms with Crippen LogP contribution < -0.4 is 0 Å². The van der Waals surface area contributed by atoms with Gasteiger partial charge in [0.25, 0.3) is 5.91 Å². The minimum Gasteiger partial charge on any atom is -0.361 e. The Hall–Kier alpha value is -2.63. The summed E-state index contributed by atoms with van der Waals surface area (Å²) in [4.78, 5) is 28.8. The molecule has 6 nitrogen and oxygen atoms in total. The molecule has 2 aromatic rings. The van der Waals surface area contributed by atoms with Gasteiger partial charge in [0.1, 0.15) is 11.8 Å². The molecule has 6 heteroatoms. The van der Waals surface area contributed by atoms with Crippen molar-refractivity contribution in [3.05, 3.63) is 52.9 Å². The average Bonchev–Trinajstić information content (AvgIpc) is 3.26. The molecular formula is C19H21N3O3. The molecule has 130 valence electrons. The number of urea groups is 1. The highest BCUT2D eigenvalue weighted by molar-refractivity contribution is 6.04. The van der Waals surface area contributed by atoms with Gasteiger partial charge in [-0.15, -0.1) is 0 Å². The van der Waals surface area contributed by atoms with Crippen LogP contribution in [0.4, 0.5) is 4.79 Å². The van der Waals surface area contributed by atoms with Crippen LogP contribution in [0.1, 0.15) is 41.5 Å². The summed E-state index contributed by atoms with van der Waals surface area (Å²) >= 11 is 0. The molecule has 0 saturated carbocycles. The number of nitrogens with zero attached hydrogens (tertiary/aromatic N) is 3. The predicted octanol–water partition coefficient (Wildman–Crippen LogP) is 3.00. The van der Waals surface area contributed by atoms with Crippen LogP contribution in [-0.2, 0) is 11.2 Å². The van der Waals surface area contributed by atoms with Gasteiger partial charge >= 0.3 is 6.03 Å². The number of fused-ring (bicyclic) bond motifs is 1. The average molecular weight is 339 g/mol. The van der Waals surface area contributed by atoms with Crippen LogP contribution in [0.25, 0.3) is 0 Å². The van der Waals surface area contributed by atoms with Crippen molar-refractivity contribution in [3.8, 4) is 0 Å². The maximum atomic E-state index is 12.9. The number of hydrogen-bond acceptors (Lipinski definition) is 4. The van der Waals surface area contributed by atoms with Gasteiger partial charge < -0.3 is 9.42 Å². The van der Waals surface area contributed by atoms with E-state index in [0.717, 1.165) is 35.4 Å². The molecule has 2 atom stereocenters. The standard InChI is InChI=1S/C19H21N3O3/c1-12-15(13(2)25-20-12)10-11-21-18(23)17-9-8-16(22(17)19(21)24)14-6-4-3-5-7-14/h3-7,16-17H,8-11H2,1-2H3/t16-,17-/m0/s1. The number of rotatable bonds is 4. The van der Waals surface area contributed by atoms with Crippen LogP contribution in [0.2, 0.25) is 0 Å². The number of aromatic nitrogens is 1. The van der Waals surface area contributed by atoms with Gasteiger partial charge in [0.05, 0.1) is 11.7 Å². The highest BCUT2D eigenvalue weighted by atomic mass is 16.5. The maximum Gasteiger partial charge on any atom is 0.327 e. The zero-order chi connectivity index (χ0) is 17.6. The van der Waals surface area contributed by atoms with E-state index < -0.39 is 0 Å². The van der Waals surface area contributed by atoms with E-state index in [1.807, 2.05) is 44.2 Å². The monoisotopic (exact) mass is 339 g/mol. The molecule has 1 aromatic carbocycles. The molecular weight excluding hydrogens is 318 g/mol. The molecule has 2 fully saturated rings. The van der Waals surface area contributed by atoms with Crippen molar-refractivity contribution in [1.29, 1.82) is 0 Å². The van der Waals surface area contributed by atoms with Gasteiger partial charge in [-0.3, -0.25) is 9.69 Å². The van der Waals surface area contributed by atoms with Crippen molar-refractivity contribution >= 4 is 11.9 Å². The fraction of sp³-hybridized carbons (Fsp3) is 0.421. The first kappa shape index (κ1) is 15.9. The Morgan fingerprint density at radius 3 is 2.52 bits per heavy atom. The summed E-state index contributed by atoms with van der Waals surface area (Å²) in [6, 6.07) is 9.46. The minimum atomic E-state index is -0.317. The smallest absolute Gasteiger partial charge is 0.327 e. The minimum absolute atomic E-state index is 0.00767. The van der Waals surface area contributed by atoms with E-state index in [0.29, 0.717) is 13.0 Å². The lowest BCUT2D eigenvalue weighted by atomic mass is 10.0.